The van der Waals surface area contributed by atoms with Gasteiger partial charge in [0, 0.05) is 56.1 Å². The third kappa shape index (κ3) is 5.79. The molecule has 0 aromatic carbocycles. The lowest BCUT2D eigenvalue weighted by Gasteiger charge is -2.32. The number of carbonyl (C=O) groups is 1. The molecule has 1 unspecified atom stereocenters. The molecule has 2 fully saturated rings. The molecule has 0 bridgehead atoms. The highest BCUT2D eigenvalue weighted by molar-refractivity contribution is 7.09. The smallest absolute Gasteiger partial charge is 0.228 e. The summed E-state index contributed by atoms with van der Waals surface area (Å²) in [5.41, 5.74) is 0.989. The molecule has 1 amide bonds. The van der Waals surface area contributed by atoms with Crippen LogP contribution in [0.1, 0.15) is 37.9 Å². The molecule has 2 saturated heterocycles. The van der Waals surface area contributed by atoms with Crippen molar-refractivity contribution in [3.8, 4) is 0 Å². The summed E-state index contributed by atoms with van der Waals surface area (Å²) >= 11 is 1.67. The van der Waals surface area contributed by atoms with Crippen LogP contribution in [-0.2, 0) is 16.6 Å². The molecule has 25 heavy (non-hydrogen) atoms. The summed E-state index contributed by atoms with van der Waals surface area (Å²) in [6.07, 6.45) is 1.55. The predicted molar refractivity (Wildman–Crippen MR) is 108 cm³/mol. The fourth-order valence-corrected chi connectivity index (χ4v) is 4.22. The molecular weight excluding hydrogens is 379 g/mol. The number of halogens is 2. The standard InChI is InChI=1S/C17H28N4OS.2ClH/c1-17(2,3)16-19-13(12-23-16)10-15(22)21-7-4-14(11-21)20-8-5-18-6-9-20;;/h12,14,18H,4-11H2,1-3H3;2*1H. The van der Waals surface area contributed by atoms with Crippen molar-refractivity contribution in [2.75, 3.05) is 39.3 Å². The molecule has 1 aromatic rings. The van der Waals surface area contributed by atoms with Crippen LogP contribution in [-0.4, -0.2) is 66.0 Å². The fourth-order valence-electron chi connectivity index (χ4n) is 3.31. The highest BCUT2D eigenvalue weighted by Crippen LogP contribution is 2.26. The molecular formula is C17H30Cl2N4OS. The van der Waals surface area contributed by atoms with Crippen LogP contribution in [0.2, 0.25) is 0 Å². The van der Waals surface area contributed by atoms with Crippen LogP contribution in [0.3, 0.4) is 0 Å². The van der Waals surface area contributed by atoms with Gasteiger partial charge in [0.25, 0.3) is 0 Å². The van der Waals surface area contributed by atoms with Crippen molar-refractivity contribution in [3.63, 3.8) is 0 Å². The first-order chi connectivity index (χ1) is 10.9. The fraction of sp³-hybridized carbons (Fsp3) is 0.765. The number of piperazine rings is 1. The van der Waals surface area contributed by atoms with Gasteiger partial charge in [0.15, 0.2) is 0 Å². The molecule has 0 spiro atoms. The quantitative estimate of drug-likeness (QED) is 0.833. The molecule has 1 aromatic heterocycles. The summed E-state index contributed by atoms with van der Waals surface area (Å²) in [6, 6.07) is 0.543. The van der Waals surface area contributed by atoms with E-state index in [1.54, 1.807) is 11.3 Å². The van der Waals surface area contributed by atoms with Gasteiger partial charge in [-0.25, -0.2) is 4.98 Å². The highest BCUT2D eigenvalue weighted by atomic mass is 35.5. The maximum absolute atomic E-state index is 12.6. The first-order valence-corrected chi connectivity index (χ1v) is 9.49. The third-order valence-electron chi connectivity index (χ3n) is 4.71. The predicted octanol–water partition coefficient (Wildman–Crippen LogP) is 2.33. The molecule has 1 N–H and O–H groups in total. The van der Waals surface area contributed by atoms with Crippen molar-refractivity contribution in [1.82, 2.24) is 20.1 Å². The SMILES string of the molecule is CC(C)(C)c1nc(CC(=O)N2CCC(N3CCNCC3)C2)cs1.Cl.Cl. The summed E-state index contributed by atoms with van der Waals surface area (Å²) in [5.74, 6) is 0.230. The van der Waals surface area contributed by atoms with Crippen molar-refractivity contribution in [2.24, 2.45) is 0 Å². The molecule has 3 heterocycles. The highest BCUT2D eigenvalue weighted by Gasteiger charge is 2.31. The first kappa shape index (κ1) is 22.6. The Morgan fingerprint density at radius 1 is 1.28 bits per heavy atom. The average Bonchev–Trinajstić information content (AvgIpc) is 3.16. The zero-order valence-electron chi connectivity index (χ0n) is 15.3. The van der Waals surface area contributed by atoms with E-state index in [2.05, 4.69) is 36.0 Å². The zero-order valence-corrected chi connectivity index (χ0v) is 17.7. The zero-order chi connectivity index (χ0) is 16.4. The van der Waals surface area contributed by atoms with E-state index in [0.29, 0.717) is 12.5 Å². The third-order valence-corrected chi connectivity index (χ3v) is 6.03. The Hall–Kier alpha value is -0.400. The lowest BCUT2D eigenvalue weighted by Crippen LogP contribution is -2.49. The van der Waals surface area contributed by atoms with Gasteiger partial charge in [0.05, 0.1) is 17.1 Å². The molecule has 1 atom stereocenters. The van der Waals surface area contributed by atoms with E-state index < -0.39 is 0 Å². The number of hydrogen-bond donors (Lipinski definition) is 1. The Morgan fingerprint density at radius 2 is 1.96 bits per heavy atom. The van der Waals surface area contributed by atoms with Gasteiger partial charge in [-0.15, -0.1) is 36.2 Å². The summed E-state index contributed by atoms with van der Waals surface area (Å²) in [6.45, 7) is 12.6. The van der Waals surface area contributed by atoms with E-state index in [9.17, 15) is 4.79 Å². The van der Waals surface area contributed by atoms with E-state index >= 15 is 0 Å². The lowest BCUT2D eigenvalue weighted by atomic mass is 9.98. The lowest BCUT2D eigenvalue weighted by molar-refractivity contribution is -0.129. The molecule has 8 heteroatoms. The van der Waals surface area contributed by atoms with Crippen molar-refractivity contribution in [1.29, 1.82) is 0 Å². The molecule has 3 rings (SSSR count). The Morgan fingerprint density at radius 3 is 2.56 bits per heavy atom. The molecule has 0 aliphatic carbocycles. The number of nitrogens with zero attached hydrogens (tertiary/aromatic N) is 3. The Balaban J connectivity index is 0.00000156. The van der Waals surface area contributed by atoms with E-state index in [1.165, 1.54) is 0 Å². The second kappa shape index (κ2) is 9.51. The van der Waals surface area contributed by atoms with E-state index in [0.717, 1.165) is 56.4 Å². The molecule has 5 nitrogen and oxygen atoms in total. The van der Waals surface area contributed by atoms with Gasteiger partial charge < -0.3 is 10.2 Å². The van der Waals surface area contributed by atoms with Crippen LogP contribution >= 0.6 is 36.2 Å². The average molecular weight is 409 g/mol. The number of thiazole rings is 1. The summed E-state index contributed by atoms with van der Waals surface area (Å²) in [7, 11) is 0. The topological polar surface area (TPSA) is 48.5 Å². The van der Waals surface area contributed by atoms with Crippen molar-refractivity contribution in [3.05, 3.63) is 16.1 Å². The number of aromatic nitrogens is 1. The minimum atomic E-state index is 0. The van der Waals surface area contributed by atoms with E-state index in [-0.39, 0.29) is 36.1 Å². The van der Waals surface area contributed by atoms with Gasteiger partial charge in [0.2, 0.25) is 5.91 Å². The van der Waals surface area contributed by atoms with Crippen LogP contribution in [0.25, 0.3) is 0 Å². The van der Waals surface area contributed by atoms with E-state index in [1.807, 2.05) is 10.3 Å². The minimum Gasteiger partial charge on any atom is -0.341 e. The van der Waals surface area contributed by atoms with Crippen LogP contribution in [0.15, 0.2) is 5.38 Å². The number of rotatable bonds is 3. The number of carbonyl (C=O) groups excluding carboxylic acids is 1. The number of nitrogens with one attached hydrogen (secondary N) is 1. The minimum absolute atomic E-state index is 0. The monoisotopic (exact) mass is 408 g/mol. The normalized spacial score (nSPS) is 21.6. The van der Waals surface area contributed by atoms with Crippen LogP contribution < -0.4 is 5.32 Å². The van der Waals surface area contributed by atoms with Gasteiger partial charge >= 0.3 is 0 Å². The maximum Gasteiger partial charge on any atom is 0.228 e. The van der Waals surface area contributed by atoms with Crippen molar-refractivity contribution in [2.45, 2.75) is 45.1 Å². The van der Waals surface area contributed by atoms with Crippen molar-refractivity contribution >= 4 is 42.1 Å². The second-order valence-corrected chi connectivity index (χ2v) is 8.50. The molecule has 2 aliphatic rings. The second-order valence-electron chi connectivity index (χ2n) is 7.64. The molecule has 2 aliphatic heterocycles. The van der Waals surface area contributed by atoms with Gasteiger partial charge in [-0.05, 0) is 6.42 Å². The van der Waals surface area contributed by atoms with E-state index in [4.69, 9.17) is 0 Å². The van der Waals surface area contributed by atoms with Crippen molar-refractivity contribution < 1.29 is 4.79 Å². The van der Waals surface area contributed by atoms with Gasteiger partial charge in [-0.2, -0.15) is 0 Å². The molecule has 0 saturated carbocycles. The molecule has 144 valence electrons. The Labute approximate surface area is 167 Å². The number of hydrogen-bond acceptors (Lipinski definition) is 5. The van der Waals surface area contributed by atoms with Gasteiger partial charge in [-0.1, -0.05) is 20.8 Å². The number of amides is 1. The summed E-state index contributed by atoms with van der Waals surface area (Å²) in [4.78, 5) is 21.8. The molecule has 0 radical (unpaired) electrons. The van der Waals surface area contributed by atoms with Crippen LogP contribution in [0, 0.1) is 0 Å². The number of likely N-dealkylation sites (tertiary alicyclic amines) is 1. The largest absolute Gasteiger partial charge is 0.341 e. The Bertz CT molecular complexity index is 555. The summed E-state index contributed by atoms with van der Waals surface area (Å²) in [5, 5.41) is 6.55. The van der Waals surface area contributed by atoms with Crippen LogP contribution in [0.5, 0.6) is 0 Å². The van der Waals surface area contributed by atoms with Crippen LogP contribution in [0.4, 0.5) is 0 Å². The summed E-state index contributed by atoms with van der Waals surface area (Å²) < 4.78 is 0. The first-order valence-electron chi connectivity index (χ1n) is 8.61. The maximum atomic E-state index is 12.6. The van der Waals surface area contributed by atoms with Gasteiger partial charge in [0.1, 0.15) is 0 Å². The Kier molecular flexibility index (Phi) is 8.61. The van der Waals surface area contributed by atoms with Gasteiger partial charge in [-0.3, -0.25) is 9.69 Å².